The van der Waals surface area contributed by atoms with E-state index in [2.05, 4.69) is 4.72 Å². The molecule has 0 bridgehead atoms. The summed E-state index contributed by atoms with van der Waals surface area (Å²) in [6.07, 6.45) is 0.282. The molecule has 1 heterocycles. The standard InChI is InChI=1S/C21H26N2O5S/c1-15-12-19(13-16(2)21(15)27-3)29(25,26)22-18-6-4-17(5-7-18)14-20(24)23-8-10-28-11-9-23/h4-7,12-13,22H,8-11,14H2,1-3H3. The third-order valence-corrected chi connectivity index (χ3v) is 6.23. The highest BCUT2D eigenvalue weighted by Crippen LogP contribution is 2.27. The summed E-state index contributed by atoms with van der Waals surface area (Å²) in [6, 6.07) is 10.0. The maximum absolute atomic E-state index is 12.8. The van der Waals surface area contributed by atoms with E-state index < -0.39 is 10.0 Å². The molecule has 0 aromatic heterocycles. The van der Waals surface area contributed by atoms with Crippen molar-refractivity contribution in [3.05, 3.63) is 53.1 Å². The van der Waals surface area contributed by atoms with Gasteiger partial charge in [-0.1, -0.05) is 12.1 Å². The highest BCUT2D eigenvalue weighted by molar-refractivity contribution is 7.92. The summed E-state index contributed by atoms with van der Waals surface area (Å²) in [5, 5.41) is 0. The third-order valence-electron chi connectivity index (χ3n) is 4.87. The average molecular weight is 419 g/mol. The van der Waals surface area contributed by atoms with Crippen LogP contribution in [0.4, 0.5) is 5.69 Å². The molecule has 1 amide bonds. The molecule has 3 rings (SSSR count). The van der Waals surface area contributed by atoms with E-state index >= 15 is 0 Å². The first kappa shape index (κ1) is 21.1. The summed E-state index contributed by atoms with van der Waals surface area (Å²) in [4.78, 5) is 14.3. The number of aryl methyl sites for hydroxylation is 2. The minimum atomic E-state index is -3.73. The molecule has 0 saturated carbocycles. The monoisotopic (exact) mass is 418 g/mol. The fourth-order valence-electron chi connectivity index (χ4n) is 3.39. The van der Waals surface area contributed by atoms with Gasteiger partial charge in [0.25, 0.3) is 10.0 Å². The number of carbonyl (C=O) groups excluding carboxylic acids is 1. The van der Waals surface area contributed by atoms with Crippen molar-refractivity contribution in [2.24, 2.45) is 0 Å². The van der Waals surface area contributed by atoms with E-state index in [1.165, 1.54) is 0 Å². The van der Waals surface area contributed by atoms with Crippen molar-refractivity contribution in [2.75, 3.05) is 38.1 Å². The number of nitrogens with zero attached hydrogens (tertiary/aromatic N) is 1. The summed E-state index contributed by atoms with van der Waals surface area (Å²) in [5.41, 5.74) is 2.79. The summed E-state index contributed by atoms with van der Waals surface area (Å²) in [7, 11) is -2.17. The van der Waals surface area contributed by atoms with Crippen molar-refractivity contribution in [3.63, 3.8) is 0 Å². The molecule has 0 unspecified atom stereocenters. The van der Waals surface area contributed by atoms with Crippen molar-refractivity contribution in [1.29, 1.82) is 0 Å². The van der Waals surface area contributed by atoms with Crippen molar-refractivity contribution in [1.82, 2.24) is 4.90 Å². The van der Waals surface area contributed by atoms with E-state index in [4.69, 9.17) is 9.47 Å². The van der Waals surface area contributed by atoms with Crippen LogP contribution < -0.4 is 9.46 Å². The Kier molecular flexibility index (Phi) is 6.44. The quantitative estimate of drug-likeness (QED) is 0.779. The van der Waals surface area contributed by atoms with Gasteiger partial charge >= 0.3 is 0 Å². The zero-order valence-electron chi connectivity index (χ0n) is 16.9. The van der Waals surface area contributed by atoms with Gasteiger partial charge in [0.2, 0.25) is 5.91 Å². The second kappa shape index (κ2) is 8.84. The molecular weight excluding hydrogens is 392 g/mol. The number of amides is 1. The van der Waals surface area contributed by atoms with Gasteiger partial charge in [0.1, 0.15) is 5.75 Å². The second-order valence-electron chi connectivity index (χ2n) is 7.06. The molecule has 29 heavy (non-hydrogen) atoms. The fourth-order valence-corrected chi connectivity index (χ4v) is 4.62. The zero-order valence-corrected chi connectivity index (χ0v) is 17.7. The lowest BCUT2D eigenvalue weighted by Crippen LogP contribution is -2.41. The van der Waals surface area contributed by atoms with Gasteiger partial charge < -0.3 is 14.4 Å². The highest BCUT2D eigenvalue weighted by Gasteiger charge is 2.19. The van der Waals surface area contributed by atoms with Gasteiger partial charge in [-0.2, -0.15) is 0 Å². The smallest absolute Gasteiger partial charge is 0.261 e. The van der Waals surface area contributed by atoms with Crippen LogP contribution in [0, 0.1) is 13.8 Å². The van der Waals surface area contributed by atoms with E-state index in [1.807, 2.05) is 13.8 Å². The Hall–Kier alpha value is -2.58. The summed E-state index contributed by atoms with van der Waals surface area (Å²) in [6.45, 7) is 5.97. The second-order valence-corrected chi connectivity index (χ2v) is 8.75. The summed E-state index contributed by atoms with van der Waals surface area (Å²) in [5.74, 6) is 0.726. The Morgan fingerprint density at radius 3 is 2.24 bits per heavy atom. The molecule has 0 aliphatic carbocycles. The van der Waals surface area contributed by atoms with Crippen LogP contribution in [-0.2, 0) is 26.0 Å². The number of methoxy groups -OCH3 is 1. The number of morpholine rings is 1. The average Bonchev–Trinajstić information content (AvgIpc) is 2.69. The Labute approximate surface area is 171 Å². The number of hydrogen-bond donors (Lipinski definition) is 1. The Bertz CT molecular complexity index is 958. The normalized spacial score (nSPS) is 14.5. The predicted octanol–water partition coefficient (Wildman–Crippen LogP) is 2.51. The number of benzene rings is 2. The van der Waals surface area contributed by atoms with Crippen LogP contribution in [0.25, 0.3) is 0 Å². The van der Waals surface area contributed by atoms with Gasteiger partial charge in [0, 0.05) is 18.8 Å². The molecule has 0 spiro atoms. The topological polar surface area (TPSA) is 84.9 Å². The predicted molar refractivity (Wildman–Crippen MR) is 111 cm³/mol. The number of sulfonamides is 1. The fraction of sp³-hybridized carbons (Fsp3) is 0.381. The van der Waals surface area contributed by atoms with Crippen LogP contribution in [0.2, 0.25) is 0 Å². The van der Waals surface area contributed by atoms with Crippen LogP contribution in [0.5, 0.6) is 5.75 Å². The lowest BCUT2D eigenvalue weighted by atomic mass is 10.1. The molecule has 0 radical (unpaired) electrons. The molecule has 1 N–H and O–H groups in total. The van der Waals surface area contributed by atoms with Gasteiger partial charge in [0.15, 0.2) is 0 Å². The Morgan fingerprint density at radius 2 is 1.69 bits per heavy atom. The number of ether oxygens (including phenoxy) is 2. The molecule has 1 fully saturated rings. The van der Waals surface area contributed by atoms with Crippen LogP contribution in [0.3, 0.4) is 0 Å². The molecule has 7 nitrogen and oxygen atoms in total. The Balaban J connectivity index is 1.69. The van der Waals surface area contributed by atoms with E-state index in [1.54, 1.807) is 48.4 Å². The van der Waals surface area contributed by atoms with E-state index in [0.29, 0.717) is 37.7 Å². The molecule has 0 atom stereocenters. The summed E-state index contributed by atoms with van der Waals surface area (Å²) < 4.78 is 38.6. The number of rotatable bonds is 6. The molecule has 2 aromatic rings. The largest absolute Gasteiger partial charge is 0.496 e. The SMILES string of the molecule is COc1c(C)cc(S(=O)(=O)Nc2ccc(CC(=O)N3CCOCC3)cc2)cc1C. The van der Waals surface area contributed by atoms with Crippen LogP contribution >= 0.6 is 0 Å². The minimum Gasteiger partial charge on any atom is -0.496 e. The maximum Gasteiger partial charge on any atom is 0.261 e. The number of anilines is 1. The van der Waals surface area contributed by atoms with Crippen molar-refractivity contribution < 1.29 is 22.7 Å². The van der Waals surface area contributed by atoms with E-state index in [9.17, 15) is 13.2 Å². The first-order valence-corrected chi connectivity index (χ1v) is 10.9. The number of hydrogen-bond acceptors (Lipinski definition) is 5. The maximum atomic E-state index is 12.8. The van der Waals surface area contributed by atoms with Gasteiger partial charge in [0.05, 0.1) is 31.6 Å². The first-order chi connectivity index (χ1) is 13.8. The van der Waals surface area contributed by atoms with Gasteiger partial charge in [-0.3, -0.25) is 9.52 Å². The Morgan fingerprint density at radius 1 is 1.10 bits per heavy atom. The van der Waals surface area contributed by atoms with Gasteiger partial charge in [-0.15, -0.1) is 0 Å². The highest BCUT2D eigenvalue weighted by atomic mass is 32.2. The molecule has 156 valence electrons. The van der Waals surface area contributed by atoms with E-state index in [-0.39, 0.29) is 17.2 Å². The van der Waals surface area contributed by atoms with Crippen molar-refractivity contribution in [2.45, 2.75) is 25.2 Å². The number of nitrogens with one attached hydrogen (secondary N) is 1. The zero-order chi connectivity index (χ0) is 21.0. The van der Waals surface area contributed by atoms with Gasteiger partial charge in [-0.05, 0) is 54.8 Å². The van der Waals surface area contributed by atoms with Crippen LogP contribution in [-0.4, -0.2) is 52.6 Å². The van der Waals surface area contributed by atoms with E-state index in [0.717, 1.165) is 16.7 Å². The third kappa shape index (κ3) is 5.07. The molecule has 1 saturated heterocycles. The van der Waals surface area contributed by atoms with Crippen LogP contribution in [0.15, 0.2) is 41.3 Å². The molecule has 1 aliphatic rings. The van der Waals surface area contributed by atoms with Crippen LogP contribution in [0.1, 0.15) is 16.7 Å². The van der Waals surface area contributed by atoms with Gasteiger partial charge in [-0.25, -0.2) is 8.42 Å². The summed E-state index contributed by atoms with van der Waals surface area (Å²) >= 11 is 0. The van der Waals surface area contributed by atoms with Crippen molar-refractivity contribution in [3.8, 4) is 5.75 Å². The molecule has 2 aromatic carbocycles. The minimum absolute atomic E-state index is 0.0470. The lowest BCUT2D eigenvalue weighted by Gasteiger charge is -2.26. The molecule has 8 heteroatoms. The molecule has 1 aliphatic heterocycles. The van der Waals surface area contributed by atoms with Crippen molar-refractivity contribution >= 4 is 21.6 Å². The lowest BCUT2D eigenvalue weighted by molar-refractivity contribution is -0.134. The number of carbonyl (C=O) groups is 1. The molecular formula is C21H26N2O5S. The first-order valence-electron chi connectivity index (χ1n) is 9.42.